The number of ether oxygens (including phenoxy) is 2. The third-order valence-electron chi connectivity index (χ3n) is 3.36. The van der Waals surface area contributed by atoms with Crippen LogP contribution in [-0.4, -0.2) is 30.5 Å². The van der Waals surface area contributed by atoms with Crippen molar-refractivity contribution in [3.63, 3.8) is 0 Å². The summed E-state index contributed by atoms with van der Waals surface area (Å²) in [6, 6.07) is 10.8. The average Bonchev–Trinajstić information content (AvgIpc) is 2.60. The van der Waals surface area contributed by atoms with Crippen molar-refractivity contribution in [2.45, 2.75) is 6.92 Å². The van der Waals surface area contributed by atoms with Crippen molar-refractivity contribution in [1.29, 1.82) is 0 Å². The minimum Gasteiger partial charge on any atom is -0.495 e. The Kier molecular flexibility index (Phi) is 5.67. The Morgan fingerprint density at radius 3 is 2.60 bits per heavy atom. The van der Waals surface area contributed by atoms with Gasteiger partial charge in [-0.2, -0.15) is 0 Å². The van der Waals surface area contributed by atoms with Crippen LogP contribution >= 0.6 is 0 Å². The number of nitrogens with zero attached hydrogens (tertiary/aromatic N) is 1. The first-order valence-electron chi connectivity index (χ1n) is 7.27. The lowest BCUT2D eigenvalue weighted by atomic mass is 10.1. The molecule has 8 heteroatoms. The molecule has 0 unspecified atom stereocenters. The second-order valence-corrected chi connectivity index (χ2v) is 5.08. The van der Waals surface area contributed by atoms with E-state index in [1.165, 1.54) is 19.2 Å². The molecule has 2 aromatic rings. The fourth-order valence-corrected chi connectivity index (χ4v) is 2.08. The topological polar surface area (TPSA) is 108 Å². The number of nitro benzene ring substituents is 1. The average molecular weight is 344 g/mol. The minimum atomic E-state index is -0.821. The van der Waals surface area contributed by atoms with Crippen LogP contribution in [0.1, 0.15) is 15.9 Å². The Morgan fingerprint density at radius 2 is 1.92 bits per heavy atom. The molecule has 8 nitrogen and oxygen atoms in total. The highest BCUT2D eigenvalue weighted by Crippen LogP contribution is 2.23. The minimum absolute atomic E-state index is 0.00221. The number of para-hydroxylation sites is 2. The van der Waals surface area contributed by atoms with Crippen molar-refractivity contribution in [3.8, 4) is 5.75 Å². The van der Waals surface area contributed by atoms with Crippen molar-refractivity contribution in [3.05, 3.63) is 63.7 Å². The van der Waals surface area contributed by atoms with Gasteiger partial charge in [0, 0.05) is 11.6 Å². The second-order valence-electron chi connectivity index (χ2n) is 5.08. The molecule has 0 spiro atoms. The van der Waals surface area contributed by atoms with Crippen LogP contribution in [0.2, 0.25) is 0 Å². The van der Waals surface area contributed by atoms with Gasteiger partial charge in [0.05, 0.1) is 23.3 Å². The summed E-state index contributed by atoms with van der Waals surface area (Å²) in [5.41, 5.74) is 0.683. The molecule has 25 heavy (non-hydrogen) atoms. The lowest BCUT2D eigenvalue weighted by molar-refractivity contribution is -0.385. The third kappa shape index (κ3) is 4.54. The van der Waals surface area contributed by atoms with Crippen LogP contribution in [0.3, 0.4) is 0 Å². The van der Waals surface area contributed by atoms with Gasteiger partial charge in [-0.25, -0.2) is 4.79 Å². The summed E-state index contributed by atoms with van der Waals surface area (Å²) >= 11 is 0. The predicted octanol–water partition coefficient (Wildman–Crippen LogP) is 2.71. The van der Waals surface area contributed by atoms with Gasteiger partial charge in [0.15, 0.2) is 6.61 Å². The molecule has 0 atom stereocenters. The van der Waals surface area contributed by atoms with Crippen molar-refractivity contribution in [2.24, 2.45) is 0 Å². The number of amides is 1. The summed E-state index contributed by atoms with van der Waals surface area (Å²) in [6.45, 7) is 1.03. The van der Waals surface area contributed by atoms with Crippen molar-refractivity contribution in [2.75, 3.05) is 19.0 Å². The molecule has 0 heterocycles. The number of anilines is 1. The third-order valence-corrected chi connectivity index (χ3v) is 3.36. The SMILES string of the molecule is COc1ccccc1NC(=O)COC(=O)c1ccc(C)c([N+](=O)[O-])c1. The monoisotopic (exact) mass is 344 g/mol. The maximum atomic E-state index is 12.0. The van der Waals surface area contributed by atoms with Crippen molar-refractivity contribution in [1.82, 2.24) is 0 Å². The van der Waals surface area contributed by atoms with Gasteiger partial charge in [0.25, 0.3) is 11.6 Å². The van der Waals surface area contributed by atoms with Gasteiger partial charge in [-0.3, -0.25) is 14.9 Å². The zero-order valence-corrected chi connectivity index (χ0v) is 13.6. The first-order chi connectivity index (χ1) is 11.9. The van der Waals surface area contributed by atoms with E-state index in [1.54, 1.807) is 31.2 Å². The normalized spacial score (nSPS) is 10.0. The molecule has 2 rings (SSSR count). The van der Waals surface area contributed by atoms with Gasteiger partial charge in [0.1, 0.15) is 5.75 Å². The Hall–Kier alpha value is -3.42. The van der Waals surface area contributed by atoms with E-state index in [0.29, 0.717) is 17.0 Å². The summed E-state index contributed by atoms with van der Waals surface area (Å²) in [5, 5.41) is 13.5. The molecule has 0 aliphatic heterocycles. The Bertz CT molecular complexity index is 819. The Labute approximate surface area is 143 Å². The molecule has 1 N–H and O–H groups in total. The number of aryl methyl sites for hydroxylation is 1. The van der Waals surface area contributed by atoms with E-state index in [9.17, 15) is 19.7 Å². The summed E-state index contributed by atoms with van der Waals surface area (Å²) in [7, 11) is 1.47. The van der Waals surface area contributed by atoms with E-state index in [1.807, 2.05) is 0 Å². The molecule has 0 fully saturated rings. The van der Waals surface area contributed by atoms with E-state index in [2.05, 4.69) is 5.32 Å². The van der Waals surface area contributed by atoms with Crippen LogP contribution in [0.4, 0.5) is 11.4 Å². The van der Waals surface area contributed by atoms with Gasteiger partial charge in [0.2, 0.25) is 0 Å². The van der Waals surface area contributed by atoms with Crippen LogP contribution in [0.5, 0.6) is 5.75 Å². The quantitative estimate of drug-likeness (QED) is 0.490. The summed E-state index contributed by atoms with van der Waals surface area (Å²) in [6.07, 6.45) is 0. The number of nitro groups is 1. The smallest absolute Gasteiger partial charge is 0.338 e. The zero-order valence-electron chi connectivity index (χ0n) is 13.6. The molecular weight excluding hydrogens is 328 g/mol. The number of nitrogens with one attached hydrogen (secondary N) is 1. The molecule has 2 aromatic carbocycles. The number of hydrogen-bond acceptors (Lipinski definition) is 6. The van der Waals surface area contributed by atoms with Crippen LogP contribution in [0.25, 0.3) is 0 Å². The van der Waals surface area contributed by atoms with E-state index in [-0.39, 0.29) is 11.3 Å². The van der Waals surface area contributed by atoms with Gasteiger partial charge in [-0.05, 0) is 25.1 Å². The van der Waals surface area contributed by atoms with E-state index >= 15 is 0 Å². The number of carbonyl (C=O) groups excluding carboxylic acids is 2. The fourth-order valence-electron chi connectivity index (χ4n) is 2.08. The highest BCUT2D eigenvalue weighted by Gasteiger charge is 2.17. The molecule has 0 aliphatic carbocycles. The number of hydrogen-bond donors (Lipinski definition) is 1. The summed E-state index contributed by atoms with van der Waals surface area (Å²) in [4.78, 5) is 34.2. The van der Waals surface area contributed by atoms with Crippen LogP contribution in [0, 0.1) is 17.0 Å². The number of rotatable bonds is 6. The molecule has 0 saturated carbocycles. The summed E-state index contributed by atoms with van der Waals surface area (Å²) in [5.74, 6) is -0.908. The fraction of sp³-hybridized carbons (Fsp3) is 0.176. The maximum absolute atomic E-state index is 12.0. The maximum Gasteiger partial charge on any atom is 0.338 e. The molecule has 0 aromatic heterocycles. The number of benzene rings is 2. The highest BCUT2D eigenvalue weighted by molar-refractivity contribution is 5.96. The van der Waals surface area contributed by atoms with E-state index < -0.39 is 23.4 Å². The molecule has 0 aliphatic rings. The standard InChI is InChI=1S/C17H16N2O6/c1-11-7-8-12(9-14(11)19(22)23)17(21)25-10-16(20)18-13-5-3-4-6-15(13)24-2/h3-9H,10H2,1-2H3,(H,18,20). The zero-order chi connectivity index (χ0) is 18.4. The Morgan fingerprint density at radius 1 is 1.20 bits per heavy atom. The highest BCUT2D eigenvalue weighted by atomic mass is 16.6. The predicted molar refractivity (Wildman–Crippen MR) is 89.7 cm³/mol. The van der Waals surface area contributed by atoms with E-state index in [0.717, 1.165) is 6.07 Å². The van der Waals surface area contributed by atoms with E-state index in [4.69, 9.17) is 9.47 Å². The lowest BCUT2D eigenvalue weighted by Gasteiger charge is -2.10. The first-order valence-corrected chi connectivity index (χ1v) is 7.27. The van der Waals surface area contributed by atoms with Crippen LogP contribution < -0.4 is 10.1 Å². The number of methoxy groups -OCH3 is 1. The molecule has 0 saturated heterocycles. The largest absolute Gasteiger partial charge is 0.495 e. The molecule has 130 valence electrons. The second kappa shape index (κ2) is 7.91. The Balaban J connectivity index is 1.99. The van der Waals surface area contributed by atoms with Gasteiger partial charge in [-0.1, -0.05) is 18.2 Å². The van der Waals surface area contributed by atoms with Crippen LogP contribution in [-0.2, 0) is 9.53 Å². The van der Waals surface area contributed by atoms with Crippen LogP contribution in [0.15, 0.2) is 42.5 Å². The lowest BCUT2D eigenvalue weighted by Crippen LogP contribution is -2.21. The van der Waals surface area contributed by atoms with Gasteiger partial charge in [-0.15, -0.1) is 0 Å². The number of carbonyl (C=O) groups is 2. The first kappa shape index (κ1) is 17.9. The molecule has 0 radical (unpaired) electrons. The van der Waals surface area contributed by atoms with Crippen molar-refractivity contribution >= 4 is 23.3 Å². The summed E-state index contributed by atoms with van der Waals surface area (Å²) < 4.78 is 10.00. The van der Waals surface area contributed by atoms with Gasteiger partial charge >= 0.3 is 5.97 Å². The van der Waals surface area contributed by atoms with Crippen molar-refractivity contribution < 1.29 is 24.0 Å². The molecule has 1 amide bonds. The molecular formula is C17H16N2O6. The molecule has 0 bridgehead atoms. The van der Waals surface area contributed by atoms with Gasteiger partial charge < -0.3 is 14.8 Å². The number of esters is 1.